The molecule has 1 unspecified atom stereocenters. The van der Waals surface area contributed by atoms with Gasteiger partial charge in [0.25, 0.3) is 0 Å². The molecule has 0 bridgehead atoms. The first-order valence-electron chi connectivity index (χ1n) is 5.48. The number of hydrogen-bond acceptors (Lipinski definition) is 0. The normalized spacial score (nSPS) is 12.4. The van der Waals surface area contributed by atoms with Gasteiger partial charge in [-0.25, -0.2) is 0 Å². The van der Waals surface area contributed by atoms with Crippen molar-refractivity contribution in [3.8, 4) is 0 Å². The molecule has 0 aliphatic carbocycles. The SMILES string of the molecule is Cc1ccc(C(CCl)c2ccccc2)cc1. The van der Waals surface area contributed by atoms with Crippen LogP contribution in [0.2, 0.25) is 0 Å². The summed E-state index contributed by atoms with van der Waals surface area (Å²) in [5.74, 6) is 0.913. The quantitative estimate of drug-likeness (QED) is 0.687. The van der Waals surface area contributed by atoms with Crippen LogP contribution in [0.3, 0.4) is 0 Å². The lowest BCUT2D eigenvalue weighted by Crippen LogP contribution is -2.02. The van der Waals surface area contributed by atoms with Gasteiger partial charge in [0.15, 0.2) is 0 Å². The molecule has 0 aliphatic heterocycles. The molecule has 0 aromatic heterocycles. The van der Waals surface area contributed by atoms with Gasteiger partial charge in [-0.15, -0.1) is 11.6 Å². The zero-order valence-corrected chi connectivity index (χ0v) is 10.1. The molecule has 82 valence electrons. The number of hydrogen-bond donors (Lipinski definition) is 0. The molecular weight excluding hydrogens is 216 g/mol. The fourth-order valence-corrected chi connectivity index (χ4v) is 2.21. The molecule has 2 rings (SSSR count). The molecular formula is C15H15Cl. The molecule has 0 spiro atoms. The van der Waals surface area contributed by atoms with Gasteiger partial charge in [-0.2, -0.15) is 0 Å². The molecule has 0 amide bonds. The highest BCUT2D eigenvalue weighted by atomic mass is 35.5. The van der Waals surface area contributed by atoms with E-state index in [0.717, 1.165) is 0 Å². The van der Waals surface area contributed by atoms with Crippen LogP contribution in [0.25, 0.3) is 0 Å². The minimum Gasteiger partial charge on any atom is -0.126 e. The Morgan fingerprint density at radius 1 is 0.875 bits per heavy atom. The second-order valence-electron chi connectivity index (χ2n) is 4.03. The third-order valence-corrected chi connectivity index (χ3v) is 3.14. The minimum atomic E-state index is 0.295. The maximum Gasteiger partial charge on any atom is 0.0333 e. The lowest BCUT2D eigenvalue weighted by atomic mass is 9.92. The Morgan fingerprint density at radius 2 is 1.44 bits per heavy atom. The number of benzene rings is 2. The van der Waals surface area contributed by atoms with Gasteiger partial charge >= 0.3 is 0 Å². The first-order valence-corrected chi connectivity index (χ1v) is 6.02. The van der Waals surface area contributed by atoms with E-state index in [1.54, 1.807) is 0 Å². The molecule has 0 saturated carbocycles. The first-order chi connectivity index (χ1) is 7.81. The average molecular weight is 231 g/mol. The van der Waals surface area contributed by atoms with Crippen LogP contribution in [0.4, 0.5) is 0 Å². The molecule has 0 heterocycles. The molecule has 0 saturated heterocycles. The van der Waals surface area contributed by atoms with Crippen molar-refractivity contribution in [2.24, 2.45) is 0 Å². The number of halogens is 1. The van der Waals surface area contributed by atoms with E-state index in [9.17, 15) is 0 Å². The van der Waals surface area contributed by atoms with Gasteiger partial charge in [-0.05, 0) is 18.1 Å². The summed E-state index contributed by atoms with van der Waals surface area (Å²) in [5.41, 5.74) is 3.85. The van der Waals surface area contributed by atoms with Crippen LogP contribution in [-0.4, -0.2) is 5.88 Å². The zero-order valence-electron chi connectivity index (χ0n) is 9.36. The van der Waals surface area contributed by atoms with E-state index in [1.807, 2.05) is 6.07 Å². The summed E-state index contributed by atoms with van der Waals surface area (Å²) < 4.78 is 0. The summed E-state index contributed by atoms with van der Waals surface area (Å²) in [6.45, 7) is 2.10. The maximum absolute atomic E-state index is 6.08. The fraction of sp³-hybridized carbons (Fsp3) is 0.200. The molecule has 1 atom stereocenters. The van der Waals surface area contributed by atoms with Crippen molar-refractivity contribution >= 4 is 11.6 Å². The Hall–Kier alpha value is -1.27. The number of aryl methyl sites for hydroxylation is 1. The van der Waals surface area contributed by atoms with Crippen LogP contribution >= 0.6 is 11.6 Å². The van der Waals surface area contributed by atoms with E-state index in [2.05, 4.69) is 55.5 Å². The molecule has 0 aliphatic rings. The molecule has 16 heavy (non-hydrogen) atoms. The van der Waals surface area contributed by atoms with Crippen molar-refractivity contribution in [1.29, 1.82) is 0 Å². The highest BCUT2D eigenvalue weighted by Crippen LogP contribution is 2.25. The zero-order chi connectivity index (χ0) is 11.4. The van der Waals surface area contributed by atoms with Gasteiger partial charge in [0.1, 0.15) is 0 Å². The second kappa shape index (κ2) is 5.18. The van der Waals surface area contributed by atoms with Crippen molar-refractivity contribution in [3.05, 3.63) is 71.3 Å². The van der Waals surface area contributed by atoms with Gasteiger partial charge in [-0.1, -0.05) is 60.2 Å². The van der Waals surface area contributed by atoms with Crippen LogP contribution in [0.15, 0.2) is 54.6 Å². The Morgan fingerprint density at radius 3 is 2.00 bits per heavy atom. The van der Waals surface area contributed by atoms with Crippen LogP contribution < -0.4 is 0 Å². The number of alkyl halides is 1. The average Bonchev–Trinajstić information content (AvgIpc) is 2.34. The molecule has 2 aromatic carbocycles. The van der Waals surface area contributed by atoms with Gasteiger partial charge in [0, 0.05) is 11.8 Å². The van der Waals surface area contributed by atoms with E-state index < -0.39 is 0 Å². The van der Waals surface area contributed by atoms with Crippen LogP contribution in [0, 0.1) is 6.92 Å². The number of rotatable bonds is 3. The summed E-state index contributed by atoms with van der Waals surface area (Å²) >= 11 is 6.08. The Kier molecular flexibility index (Phi) is 3.63. The molecule has 0 nitrogen and oxygen atoms in total. The molecule has 0 fully saturated rings. The summed E-state index contributed by atoms with van der Waals surface area (Å²) in [6.07, 6.45) is 0. The van der Waals surface area contributed by atoms with Crippen molar-refractivity contribution < 1.29 is 0 Å². The van der Waals surface area contributed by atoms with Gasteiger partial charge in [0.05, 0.1) is 0 Å². The van der Waals surface area contributed by atoms with Crippen molar-refractivity contribution in [3.63, 3.8) is 0 Å². The van der Waals surface area contributed by atoms with E-state index in [4.69, 9.17) is 11.6 Å². The summed E-state index contributed by atoms with van der Waals surface area (Å²) in [6, 6.07) is 19.0. The summed E-state index contributed by atoms with van der Waals surface area (Å²) in [5, 5.41) is 0. The first kappa shape index (κ1) is 11.2. The predicted octanol–water partition coefficient (Wildman–Crippen LogP) is 4.37. The van der Waals surface area contributed by atoms with E-state index >= 15 is 0 Å². The maximum atomic E-state index is 6.08. The monoisotopic (exact) mass is 230 g/mol. The van der Waals surface area contributed by atoms with Gasteiger partial charge in [-0.3, -0.25) is 0 Å². The van der Waals surface area contributed by atoms with E-state index in [0.29, 0.717) is 11.8 Å². The van der Waals surface area contributed by atoms with Crippen molar-refractivity contribution in [1.82, 2.24) is 0 Å². The van der Waals surface area contributed by atoms with Gasteiger partial charge < -0.3 is 0 Å². The third-order valence-electron chi connectivity index (χ3n) is 2.84. The highest BCUT2D eigenvalue weighted by Gasteiger charge is 2.11. The Labute approximate surface area is 102 Å². The lowest BCUT2D eigenvalue weighted by molar-refractivity contribution is 0.930. The minimum absolute atomic E-state index is 0.295. The smallest absolute Gasteiger partial charge is 0.0333 e. The van der Waals surface area contributed by atoms with Crippen LogP contribution in [0.5, 0.6) is 0 Å². The van der Waals surface area contributed by atoms with Gasteiger partial charge in [0.2, 0.25) is 0 Å². The topological polar surface area (TPSA) is 0 Å². The molecule has 2 aromatic rings. The van der Waals surface area contributed by atoms with Crippen molar-refractivity contribution in [2.75, 3.05) is 5.88 Å². The third kappa shape index (κ3) is 2.45. The molecule has 0 radical (unpaired) electrons. The summed E-state index contributed by atoms with van der Waals surface area (Å²) in [7, 11) is 0. The fourth-order valence-electron chi connectivity index (χ4n) is 1.85. The van der Waals surface area contributed by atoms with E-state index in [1.165, 1.54) is 16.7 Å². The Bertz CT molecular complexity index is 431. The standard InChI is InChI=1S/C15H15Cl/c1-12-7-9-14(10-8-12)15(11-16)13-5-3-2-4-6-13/h2-10,15H,11H2,1H3. The summed E-state index contributed by atoms with van der Waals surface area (Å²) in [4.78, 5) is 0. The Balaban J connectivity index is 2.33. The predicted molar refractivity (Wildman–Crippen MR) is 70.2 cm³/mol. The molecule has 0 N–H and O–H groups in total. The largest absolute Gasteiger partial charge is 0.126 e. The van der Waals surface area contributed by atoms with Crippen LogP contribution in [-0.2, 0) is 0 Å². The van der Waals surface area contributed by atoms with E-state index in [-0.39, 0.29) is 0 Å². The second-order valence-corrected chi connectivity index (χ2v) is 4.34. The van der Waals surface area contributed by atoms with Crippen LogP contribution in [0.1, 0.15) is 22.6 Å². The lowest BCUT2D eigenvalue weighted by Gasteiger charge is -2.14. The van der Waals surface area contributed by atoms with Crippen molar-refractivity contribution in [2.45, 2.75) is 12.8 Å². The molecule has 1 heteroatoms. The highest BCUT2D eigenvalue weighted by molar-refractivity contribution is 6.18.